The van der Waals surface area contributed by atoms with Crippen molar-refractivity contribution in [1.82, 2.24) is 9.88 Å². The van der Waals surface area contributed by atoms with Gasteiger partial charge >= 0.3 is 0 Å². The van der Waals surface area contributed by atoms with Crippen molar-refractivity contribution >= 4 is 28.8 Å². The Hall–Kier alpha value is -3.45. The lowest BCUT2D eigenvalue weighted by atomic mass is 9.98. The van der Waals surface area contributed by atoms with E-state index < -0.39 is 17.7 Å². The fourth-order valence-corrected chi connectivity index (χ4v) is 4.75. The average Bonchev–Trinajstić information content (AvgIpc) is 3.30. The summed E-state index contributed by atoms with van der Waals surface area (Å²) in [5, 5.41) is 13.1. The molecule has 1 aliphatic heterocycles. The Morgan fingerprint density at radius 2 is 2.03 bits per heavy atom. The minimum atomic E-state index is -0.701. The zero-order valence-electron chi connectivity index (χ0n) is 17.2. The number of carbonyl (C=O) groups excluding carboxylic acids is 2. The lowest BCUT2D eigenvalue weighted by molar-refractivity contribution is -0.140. The molecule has 0 bridgehead atoms. The Bertz CT molecular complexity index is 1150. The number of pyridine rings is 1. The molecule has 3 heterocycles. The van der Waals surface area contributed by atoms with Gasteiger partial charge in [-0.1, -0.05) is 18.2 Å². The highest BCUT2D eigenvalue weighted by Crippen LogP contribution is 2.43. The van der Waals surface area contributed by atoms with E-state index in [9.17, 15) is 14.7 Å². The first-order valence-electron chi connectivity index (χ1n) is 9.96. The van der Waals surface area contributed by atoms with Crippen molar-refractivity contribution in [3.8, 4) is 5.75 Å². The highest BCUT2D eigenvalue weighted by Gasteiger charge is 2.47. The third-order valence-corrected chi connectivity index (χ3v) is 6.24. The van der Waals surface area contributed by atoms with Gasteiger partial charge in [-0.05, 0) is 55.1 Å². The quantitative estimate of drug-likeness (QED) is 0.352. The SMILES string of the molecule is CCOc1cccc(/C(O)=C2/C(=O)C(=O)N(Cc3ccccn3)C2c2sccc2C)c1. The Balaban J connectivity index is 1.84. The molecule has 2 aromatic heterocycles. The Labute approximate surface area is 184 Å². The molecule has 0 saturated carbocycles. The van der Waals surface area contributed by atoms with Gasteiger partial charge in [-0.2, -0.15) is 0 Å². The Kier molecular flexibility index (Phi) is 5.86. The van der Waals surface area contributed by atoms with E-state index in [1.807, 2.05) is 37.4 Å². The summed E-state index contributed by atoms with van der Waals surface area (Å²) in [7, 11) is 0. The fourth-order valence-electron chi connectivity index (χ4n) is 3.70. The zero-order chi connectivity index (χ0) is 22.0. The molecule has 1 atom stereocenters. The second-order valence-electron chi connectivity index (χ2n) is 7.18. The van der Waals surface area contributed by atoms with Gasteiger partial charge in [-0.25, -0.2) is 0 Å². The number of nitrogens with zero attached hydrogens (tertiary/aromatic N) is 2. The van der Waals surface area contributed by atoms with Crippen LogP contribution < -0.4 is 4.74 Å². The molecule has 1 aromatic carbocycles. The van der Waals surface area contributed by atoms with E-state index in [0.717, 1.165) is 10.4 Å². The molecule has 31 heavy (non-hydrogen) atoms. The number of ketones is 1. The van der Waals surface area contributed by atoms with Crippen LogP contribution in [0.15, 0.2) is 65.7 Å². The van der Waals surface area contributed by atoms with E-state index in [1.54, 1.807) is 36.5 Å². The normalized spacial score (nSPS) is 17.9. The number of rotatable bonds is 6. The summed E-state index contributed by atoms with van der Waals surface area (Å²) < 4.78 is 5.52. The van der Waals surface area contributed by atoms with Gasteiger partial charge in [0.15, 0.2) is 0 Å². The first-order chi connectivity index (χ1) is 15.0. The monoisotopic (exact) mass is 434 g/mol. The maximum Gasteiger partial charge on any atom is 0.296 e. The number of aromatic nitrogens is 1. The van der Waals surface area contributed by atoms with Gasteiger partial charge in [0.1, 0.15) is 17.6 Å². The molecule has 3 aromatic rings. The van der Waals surface area contributed by atoms with Crippen molar-refractivity contribution in [1.29, 1.82) is 0 Å². The van der Waals surface area contributed by atoms with Crippen LogP contribution in [0.3, 0.4) is 0 Å². The smallest absolute Gasteiger partial charge is 0.296 e. The van der Waals surface area contributed by atoms with Gasteiger partial charge in [0, 0.05) is 16.6 Å². The fraction of sp³-hybridized carbons (Fsp3) is 0.208. The second kappa shape index (κ2) is 8.73. The van der Waals surface area contributed by atoms with Crippen LogP contribution in [-0.4, -0.2) is 33.3 Å². The van der Waals surface area contributed by atoms with Crippen LogP contribution in [0.4, 0.5) is 0 Å². The molecule has 1 unspecified atom stereocenters. The van der Waals surface area contributed by atoms with Crippen molar-refractivity contribution in [3.63, 3.8) is 0 Å². The Morgan fingerprint density at radius 3 is 2.71 bits per heavy atom. The van der Waals surface area contributed by atoms with Crippen LogP contribution in [0.5, 0.6) is 5.75 Å². The minimum Gasteiger partial charge on any atom is -0.507 e. The summed E-state index contributed by atoms with van der Waals surface area (Å²) in [6.07, 6.45) is 1.65. The molecule has 0 radical (unpaired) electrons. The number of aliphatic hydroxyl groups is 1. The molecule has 1 saturated heterocycles. The molecule has 1 amide bonds. The van der Waals surface area contributed by atoms with Gasteiger partial charge in [0.25, 0.3) is 11.7 Å². The van der Waals surface area contributed by atoms with E-state index in [1.165, 1.54) is 16.2 Å². The van der Waals surface area contributed by atoms with Crippen molar-refractivity contribution in [3.05, 3.63) is 87.4 Å². The van der Waals surface area contributed by atoms with Crippen LogP contribution in [0.2, 0.25) is 0 Å². The van der Waals surface area contributed by atoms with Gasteiger partial charge in [0.2, 0.25) is 0 Å². The number of ether oxygens (including phenoxy) is 1. The lowest BCUT2D eigenvalue weighted by Gasteiger charge is -2.24. The number of likely N-dealkylation sites (tertiary alicyclic amines) is 1. The van der Waals surface area contributed by atoms with Crippen LogP contribution >= 0.6 is 11.3 Å². The van der Waals surface area contributed by atoms with Crippen LogP contribution in [0, 0.1) is 6.92 Å². The van der Waals surface area contributed by atoms with E-state index >= 15 is 0 Å². The molecule has 1 N–H and O–H groups in total. The molecule has 7 heteroatoms. The molecule has 6 nitrogen and oxygen atoms in total. The first-order valence-corrected chi connectivity index (χ1v) is 10.8. The number of hydrogen-bond donors (Lipinski definition) is 1. The summed E-state index contributed by atoms with van der Waals surface area (Å²) in [5.74, 6) is -0.974. The summed E-state index contributed by atoms with van der Waals surface area (Å²) in [5.41, 5.74) is 2.14. The van der Waals surface area contributed by atoms with Crippen molar-refractivity contribution < 1.29 is 19.4 Å². The number of benzene rings is 1. The van der Waals surface area contributed by atoms with E-state index in [0.29, 0.717) is 23.6 Å². The predicted molar refractivity (Wildman–Crippen MR) is 119 cm³/mol. The second-order valence-corrected chi connectivity index (χ2v) is 8.12. The number of Topliss-reactive ketones (excluding diaryl/α,β-unsaturated/α-hetero) is 1. The zero-order valence-corrected chi connectivity index (χ0v) is 18.1. The highest BCUT2D eigenvalue weighted by atomic mass is 32.1. The summed E-state index contributed by atoms with van der Waals surface area (Å²) >= 11 is 1.46. The molecule has 158 valence electrons. The van der Waals surface area contributed by atoms with Gasteiger partial charge in [0.05, 0.1) is 24.4 Å². The third kappa shape index (κ3) is 3.96. The molecule has 1 aliphatic rings. The number of hydrogen-bond acceptors (Lipinski definition) is 6. The van der Waals surface area contributed by atoms with E-state index in [-0.39, 0.29) is 17.9 Å². The number of thiophene rings is 1. The summed E-state index contributed by atoms with van der Waals surface area (Å²) in [4.78, 5) is 32.8. The highest BCUT2D eigenvalue weighted by molar-refractivity contribution is 7.10. The maximum atomic E-state index is 13.1. The van der Waals surface area contributed by atoms with E-state index in [4.69, 9.17) is 4.74 Å². The Morgan fingerprint density at radius 1 is 1.19 bits per heavy atom. The molecule has 0 spiro atoms. The van der Waals surface area contributed by atoms with Gasteiger partial charge < -0.3 is 14.7 Å². The summed E-state index contributed by atoms with van der Waals surface area (Å²) in [6, 6.07) is 13.6. The topological polar surface area (TPSA) is 79.7 Å². The van der Waals surface area contributed by atoms with Crippen LogP contribution in [0.25, 0.3) is 5.76 Å². The third-order valence-electron chi connectivity index (χ3n) is 5.17. The van der Waals surface area contributed by atoms with Gasteiger partial charge in [-0.3, -0.25) is 14.6 Å². The largest absolute Gasteiger partial charge is 0.507 e. The van der Waals surface area contributed by atoms with E-state index in [2.05, 4.69) is 4.98 Å². The number of aliphatic hydroxyl groups excluding tert-OH is 1. The first kappa shape index (κ1) is 20.8. The molecule has 1 fully saturated rings. The van der Waals surface area contributed by atoms with Crippen molar-refractivity contribution in [2.24, 2.45) is 0 Å². The predicted octanol–water partition coefficient (Wildman–Crippen LogP) is 4.47. The minimum absolute atomic E-state index is 0.0835. The standard InChI is InChI=1S/C24H22N2O4S/c1-3-30-18-9-6-7-16(13-18)21(27)19-20(23-15(2)10-12-31-23)26(24(29)22(19)28)14-17-8-4-5-11-25-17/h4-13,20,27H,3,14H2,1-2H3/b21-19-. The number of carbonyl (C=O) groups is 2. The van der Waals surface area contributed by atoms with Gasteiger partial charge in [-0.15, -0.1) is 11.3 Å². The lowest BCUT2D eigenvalue weighted by Crippen LogP contribution is -2.29. The maximum absolute atomic E-state index is 13.1. The average molecular weight is 435 g/mol. The van der Waals surface area contributed by atoms with Crippen molar-refractivity contribution in [2.75, 3.05) is 6.61 Å². The van der Waals surface area contributed by atoms with Crippen LogP contribution in [0.1, 0.15) is 34.7 Å². The van der Waals surface area contributed by atoms with Crippen molar-refractivity contribution in [2.45, 2.75) is 26.4 Å². The number of amides is 1. The molecule has 4 rings (SSSR count). The molecule has 0 aliphatic carbocycles. The molecular formula is C24H22N2O4S. The summed E-state index contributed by atoms with van der Waals surface area (Å²) in [6.45, 7) is 4.45. The van der Waals surface area contributed by atoms with Crippen LogP contribution in [-0.2, 0) is 16.1 Å². The molecular weight excluding hydrogens is 412 g/mol. The number of aryl methyl sites for hydroxylation is 1.